The maximum absolute atomic E-state index is 12.0. The predicted octanol–water partition coefficient (Wildman–Crippen LogP) is 3.07. The summed E-state index contributed by atoms with van der Waals surface area (Å²) in [6, 6.07) is 2.30. The number of anilines is 4. The summed E-state index contributed by atoms with van der Waals surface area (Å²) in [5.74, 6) is 2.91. The third-order valence-electron chi connectivity index (χ3n) is 4.29. The quantitative estimate of drug-likeness (QED) is 0.767. The minimum atomic E-state index is 0.140. The molecule has 0 bridgehead atoms. The van der Waals surface area contributed by atoms with Gasteiger partial charge >= 0.3 is 0 Å². The Morgan fingerprint density at radius 3 is 2.92 bits per heavy atom. The van der Waals surface area contributed by atoms with E-state index in [0.717, 1.165) is 48.5 Å². The van der Waals surface area contributed by atoms with Crippen LogP contribution in [0.4, 0.5) is 23.4 Å². The zero-order chi connectivity index (χ0) is 17.4. The summed E-state index contributed by atoms with van der Waals surface area (Å²) in [7, 11) is 0. The molecule has 25 heavy (non-hydrogen) atoms. The normalized spacial score (nSPS) is 17.2. The van der Waals surface area contributed by atoms with E-state index in [1.807, 2.05) is 17.7 Å². The lowest BCUT2D eigenvalue weighted by Crippen LogP contribution is -2.24. The predicted molar refractivity (Wildman–Crippen MR) is 99.3 cm³/mol. The zero-order valence-corrected chi connectivity index (χ0v) is 15.6. The molecular formula is C16H20BrN7O. The lowest BCUT2D eigenvalue weighted by atomic mass is 10.4. The van der Waals surface area contributed by atoms with Gasteiger partial charge in [-0.25, -0.2) is 9.67 Å². The summed E-state index contributed by atoms with van der Waals surface area (Å²) in [5.41, 5.74) is 0. The van der Waals surface area contributed by atoms with Crippen LogP contribution in [0, 0.1) is 0 Å². The van der Waals surface area contributed by atoms with Crippen LogP contribution in [0.1, 0.15) is 38.6 Å². The Labute approximate surface area is 154 Å². The molecule has 132 valence electrons. The average molecular weight is 406 g/mol. The largest absolute Gasteiger partial charge is 0.369 e. The number of carbonyl (C=O) groups is 1. The second kappa shape index (κ2) is 6.62. The van der Waals surface area contributed by atoms with Gasteiger partial charge in [0.15, 0.2) is 5.82 Å². The molecule has 4 rings (SSSR count). The number of aromatic nitrogens is 4. The molecular weight excluding hydrogens is 386 g/mol. The van der Waals surface area contributed by atoms with Crippen molar-refractivity contribution in [1.82, 2.24) is 19.7 Å². The van der Waals surface area contributed by atoms with Gasteiger partial charge in [-0.15, -0.1) is 0 Å². The summed E-state index contributed by atoms with van der Waals surface area (Å²) >= 11 is 3.44. The monoisotopic (exact) mass is 405 g/mol. The first kappa shape index (κ1) is 16.3. The Balaban J connectivity index is 1.62. The van der Waals surface area contributed by atoms with Crippen molar-refractivity contribution in [2.75, 3.05) is 28.6 Å². The fourth-order valence-corrected chi connectivity index (χ4v) is 3.26. The SMILES string of the molecule is CCNc1nc(Nc2cc(N3CCCC3=O)nn2C2CC2)ncc1Br. The topological polar surface area (TPSA) is 88.0 Å². The molecule has 1 aliphatic heterocycles. The highest BCUT2D eigenvalue weighted by Crippen LogP contribution is 2.39. The number of hydrogen-bond acceptors (Lipinski definition) is 6. The minimum absolute atomic E-state index is 0.140. The molecule has 3 heterocycles. The maximum atomic E-state index is 12.0. The summed E-state index contributed by atoms with van der Waals surface area (Å²) in [4.78, 5) is 22.6. The van der Waals surface area contributed by atoms with Crippen LogP contribution >= 0.6 is 15.9 Å². The first-order valence-corrected chi connectivity index (χ1v) is 9.38. The molecule has 0 radical (unpaired) electrons. The highest BCUT2D eigenvalue weighted by Gasteiger charge is 2.31. The summed E-state index contributed by atoms with van der Waals surface area (Å²) in [5, 5.41) is 11.1. The molecule has 2 N–H and O–H groups in total. The fourth-order valence-electron chi connectivity index (χ4n) is 2.93. The molecule has 2 fully saturated rings. The van der Waals surface area contributed by atoms with E-state index in [0.29, 0.717) is 24.2 Å². The van der Waals surface area contributed by atoms with Crippen LogP contribution in [0.15, 0.2) is 16.7 Å². The van der Waals surface area contributed by atoms with Gasteiger partial charge in [-0.3, -0.25) is 9.69 Å². The molecule has 2 aliphatic rings. The number of hydrogen-bond donors (Lipinski definition) is 2. The van der Waals surface area contributed by atoms with Crippen LogP contribution in [0.5, 0.6) is 0 Å². The number of carbonyl (C=O) groups excluding carboxylic acids is 1. The average Bonchev–Trinajstić information content (AvgIpc) is 3.22. The lowest BCUT2D eigenvalue weighted by Gasteiger charge is -2.10. The van der Waals surface area contributed by atoms with E-state index in [4.69, 9.17) is 0 Å². The molecule has 1 saturated carbocycles. The first-order chi connectivity index (χ1) is 12.2. The Morgan fingerprint density at radius 1 is 1.40 bits per heavy atom. The van der Waals surface area contributed by atoms with Gasteiger partial charge in [0.1, 0.15) is 11.6 Å². The maximum Gasteiger partial charge on any atom is 0.230 e. The molecule has 0 atom stereocenters. The van der Waals surface area contributed by atoms with Gasteiger partial charge < -0.3 is 10.6 Å². The van der Waals surface area contributed by atoms with Crippen LogP contribution in [-0.4, -0.2) is 38.7 Å². The molecule has 0 spiro atoms. The molecule has 2 aromatic heterocycles. The molecule has 0 unspecified atom stereocenters. The van der Waals surface area contributed by atoms with Crippen molar-refractivity contribution in [1.29, 1.82) is 0 Å². The van der Waals surface area contributed by atoms with Crippen molar-refractivity contribution in [3.8, 4) is 0 Å². The minimum Gasteiger partial charge on any atom is -0.369 e. The zero-order valence-electron chi connectivity index (χ0n) is 14.0. The van der Waals surface area contributed by atoms with Gasteiger partial charge in [0.05, 0.1) is 10.5 Å². The lowest BCUT2D eigenvalue weighted by molar-refractivity contribution is -0.117. The smallest absolute Gasteiger partial charge is 0.230 e. The fraction of sp³-hybridized carbons (Fsp3) is 0.500. The molecule has 0 aromatic carbocycles. The summed E-state index contributed by atoms with van der Waals surface area (Å²) < 4.78 is 2.78. The van der Waals surface area contributed by atoms with Gasteiger partial charge in [0.25, 0.3) is 0 Å². The highest BCUT2D eigenvalue weighted by molar-refractivity contribution is 9.10. The second-order valence-corrected chi connectivity index (χ2v) is 7.11. The standard InChI is InChI=1S/C16H20BrN7O/c1-2-18-15-11(17)9-19-16(21-15)20-12-8-13(22-24(12)10-5-6-10)23-7-3-4-14(23)25/h8-10H,2-7H2,1H3,(H2,18,19,20,21). The first-order valence-electron chi connectivity index (χ1n) is 8.59. The molecule has 1 aliphatic carbocycles. The number of halogens is 1. The molecule has 1 amide bonds. The van der Waals surface area contributed by atoms with Crippen molar-refractivity contribution in [3.63, 3.8) is 0 Å². The molecule has 1 saturated heterocycles. The Morgan fingerprint density at radius 2 is 2.24 bits per heavy atom. The van der Waals surface area contributed by atoms with Gasteiger partial charge in [0.2, 0.25) is 11.9 Å². The van der Waals surface area contributed by atoms with Crippen LogP contribution in [0.25, 0.3) is 0 Å². The van der Waals surface area contributed by atoms with E-state index in [-0.39, 0.29) is 5.91 Å². The van der Waals surface area contributed by atoms with E-state index in [2.05, 4.69) is 41.6 Å². The van der Waals surface area contributed by atoms with E-state index >= 15 is 0 Å². The number of nitrogens with zero attached hydrogens (tertiary/aromatic N) is 5. The summed E-state index contributed by atoms with van der Waals surface area (Å²) in [6.07, 6.45) is 5.41. The molecule has 9 heteroatoms. The van der Waals surface area contributed by atoms with E-state index in [9.17, 15) is 4.79 Å². The van der Waals surface area contributed by atoms with Crippen LogP contribution < -0.4 is 15.5 Å². The summed E-state index contributed by atoms with van der Waals surface area (Å²) in [6.45, 7) is 3.53. The highest BCUT2D eigenvalue weighted by atomic mass is 79.9. The van der Waals surface area contributed by atoms with Crippen LogP contribution in [-0.2, 0) is 4.79 Å². The number of amides is 1. The number of rotatable bonds is 6. The van der Waals surface area contributed by atoms with Crippen molar-refractivity contribution < 1.29 is 4.79 Å². The van der Waals surface area contributed by atoms with Gasteiger partial charge in [-0.1, -0.05) is 0 Å². The Bertz CT molecular complexity index is 802. The van der Waals surface area contributed by atoms with Crippen LogP contribution in [0.3, 0.4) is 0 Å². The van der Waals surface area contributed by atoms with E-state index in [1.54, 1.807) is 11.1 Å². The van der Waals surface area contributed by atoms with Crippen LogP contribution in [0.2, 0.25) is 0 Å². The third-order valence-corrected chi connectivity index (χ3v) is 4.87. The van der Waals surface area contributed by atoms with Gasteiger partial charge in [-0.2, -0.15) is 10.1 Å². The van der Waals surface area contributed by atoms with Crippen molar-refractivity contribution in [3.05, 3.63) is 16.7 Å². The molecule has 2 aromatic rings. The number of nitrogens with one attached hydrogen (secondary N) is 2. The Hall–Kier alpha value is -2.16. The van der Waals surface area contributed by atoms with E-state index < -0.39 is 0 Å². The third kappa shape index (κ3) is 3.33. The molecule has 8 nitrogen and oxygen atoms in total. The van der Waals surface area contributed by atoms with Crippen molar-refractivity contribution in [2.24, 2.45) is 0 Å². The van der Waals surface area contributed by atoms with E-state index in [1.165, 1.54) is 0 Å². The van der Waals surface area contributed by atoms with Gasteiger partial charge in [-0.05, 0) is 42.1 Å². The second-order valence-electron chi connectivity index (χ2n) is 6.26. The Kier molecular flexibility index (Phi) is 4.32. The van der Waals surface area contributed by atoms with Crippen molar-refractivity contribution in [2.45, 2.75) is 38.6 Å². The van der Waals surface area contributed by atoms with Gasteiger partial charge in [0, 0.05) is 31.8 Å². The van der Waals surface area contributed by atoms with Crippen molar-refractivity contribution >= 4 is 45.2 Å².